The Labute approximate surface area is 126 Å². The highest BCUT2D eigenvalue weighted by molar-refractivity contribution is 9.09. The fourth-order valence-corrected chi connectivity index (χ4v) is 4.32. The standard InChI is InChI=1S/C14H18BrN3S/c1-10-7-12-13(16-9-17-14(12)19-10)18-6-4-2-3-5-11(18)8-15/h7,9,11H,2-6,8H2,1H3. The summed E-state index contributed by atoms with van der Waals surface area (Å²) < 4.78 is 0. The summed E-state index contributed by atoms with van der Waals surface area (Å²) >= 11 is 5.42. The predicted molar refractivity (Wildman–Crippen MR) is 85.5 cm³/mol. The maximum absolute atomic E-state index is 4.58. The highest BCUT2D eigenvalue weighted by Gasteiger charge is 2.23. The normalized spacial score (nSPS) is 20.7. The second-order valence-corrected chi connectivity index (χ2v) is 7.01. The first-order chi connectivity index (χ1) is 9.29. The zero-order valence-corrected chi connectivity index (χ0v) is 13.5. The van der Waals surface area contributed by atoms with Gasteiger partial charge >= 0.3 is 0 Å². The van der Waals surface area contributed by atoms with Crippen molar-refractivity contribution in [2.45, 2.75) is 38.6 Å². The third-order valence-electron chi connectivity index (χ3n) is 3.76. The number of thiophene rings is 1. The number of hydrogen-bond acceptors (Lipinski definition) is 4. The fraction of sp³-hybridized carbons (Fsp3) is 0.571. The first-order valence-corrected chi connectivity index (χ1v) is 8.77. The summed E-state index contributed by atoms with van der Waals surface area (Å²) in [6.07, 6.45) is 6.88. The molecule has 0 bridgehead atoms. The molecule has 0 spiro atoms. The fourth-order valence-electron chi connectivity index (χ4n) is 2.81. The van der Waals surface area contributed by atoms with Gasteiger partial charge in [0.25, 0.3) is 0 Å². The maximum Gasteiger partial charge on any atom is 0.141 e. The van der Waals surface area contributed by atoms with Crippen LogP contribution in [0.5, 0.6) is 0 Å². The van der Waals surface area contributed by atoms with Crippen LogP contribution in [0.3, 0.4) is 0 Å². The summed E-state index contributed by atoms with van der Waals surface area (Å²) in [4.78, 5) is 13.9. The number of nitrogens with zero attached hydrogens (tertiary/aromatic N) is 3. The Hall–Kier alpha value is -0.680. The van der Waals surface area contributed by atoms with Crippen molar-refractivity contribution in [1.29, 1.82) is 0 Å². The number of aromatic nitrogens is 2. The van der Waals surface area contributed by atoms with Crippen molar-refractivity contribution < 1.29 is 0 Å². The van der Waals surface area contributed by atoms with Gasteiger partial charge in [0.05, 0.1) is 5.39 Å². The van der Waals surface area contributed by atoms with Gasteiger partial charge in [0, 0.05) is 22.8 Å². The average molecular weight is 340 g/mol. The van der Waals surface area contributed by atoms with E-state index < -0.39 is 0 Å². The largest absolute Gasteiger partial charge is 0.352 e. The Morgan fingerprint density at radius 1 is 1.37 bits per heavy atom. The smallest absolute Gasteiger partial charge is 0.141 e. The highest BCUT2D eigenvalue weighted by Crippen LogP contribution is 2.32. The molecule has 1 unspecified atom stereocenters. The van der Waals surface area contributed by atoms with Gasteiger partial charge in [-0.15, -0.1) is 11.3 Å². The van der Waals surface area contributed by atoms with Crippen LogP contribution in [0.15, 0.2) is 12.4 Å². The molecule has 1 aliphatic rings. The van der Waals surface area contributed by atoms with Gasteiger partial charge in [-0.25, -0.2) is 9.97 Å². The molecule has 0 aromatic carbocycles. The Balaban J connectivity index is 2.05. The second-order valence-electron chi connectivity index (χ2n) is 5.12. The van der Waals surface area contributed by atoms with E-state index in [0.29, 0.717) is 6.04 Å². The van der Waals surface area contributed by atoms with Gasteiger partial charge in [-0.2, -0.15) is 0 Å². The van der Waals surface area contributed by atoms with Gasteiger partial charge in [0.1, 0.15) is 17.0 Å². The molecule has 0 radical (unpaired) electrons. The van der Waals surface area contributed by atoms with Crippen molar-refractivity contribution in [3.05, 3.63) is 17.3 Å². The minimum absolute atomic E-state index is 0.556. The van der Waals surface area contributed by atoms with Crippen molar-refractivity contribution in [3.8, 4) is 0 Å². The van der Waals surface area contributed by atoms with Crippen LogP contribution in [-0.2, 0) is 0 Å². The average Bonchev–Trinajstić information content (AvgIpc) is 2.65. The van der Waals surface area contributed by atoms with Crippen LogP contribution in [0.1, 0.15) is 30.6 Å². The van der Waals surface area contributed by atoms with Crippen LogP contribution >= 0.6 is 27.3 Å². The molecule has 3 heterocycles. The molecule has 1 atom stereocenters. The van der Waals surface area contributed by atoms with Gasteiger partial charge in [-0.1, -0.05) is 28.8 Å². The van der Waals surface area contributed by atoms with E-state index in [0.717, 1.165) is 22.5 Å². The van der Waals surface area contributed by atoms with E-state index >= 15 is 0 Å². The molecule has 2 aromatic rings. The van der Waals surface area contributed by atoms with Crippen LogP contribution in [0.2, 0.25) is 0 Å². The number of halogens is 1. The van der Waals surface area contributed by atoms with Crippen molar-refractivity contribution >= 4 is 43.3 Å². The van der Waals surface area contributed by atoms with Crippen LogP contribution in [-0.4, -0.2) is 27.9 Å². The molecule has 5 heteroatoms. The molecule has 102 valence electrons. The Kier molecular flexibility index (Phi) is 4.03. The number of anilines is 1. The van der Waals surface area contributed by atoms with Crippen LogP contribution in [0.4, 0.5) is 5.82 Å². The van der Waals surface area contributed by atoms with E-state index in [1.807, 2.05) is 0 Å². The lowest BCUT2D eigenvalue weighted by Crippen LogP contribution is -2.36. The summed E-state index contributed by atoms with van der Waals surface area (Å²) in [6, 6.07) is 2.78. The Morgan fingerprint density at radius 3 is 3.11 bits per heavy atom. The molecule has 0 N–H and O–H groups in total. The summed E-state index contributed by atoms with van der Waals surface area (Å²) in [7, 11) is 0. The summed E-state index contributed by atoms with van der Waals surface area (Å²) in [5, 5.41) is 2.24. The SMILES string of the molecule is Cc1cc2c(N3CCCCCC3CBr)ncnc2s1. The Bertz CT molecular complexity index is 569. The highest BCUT2D eigenvalue weighted by atomic mass is 79.9. The number of aryl methyl sites for hydroxylation is 1. The molecule has 0 saturated carbocycles. The molecule has 19 heavy (non-hydrogen) atoms. The summed E-state index contributed by atoms with van der Waals surface area (Å²) in [6.45, 7) is 3.25. The van der Waals surface area contributed by atoms with Crippen molar-refractivity contribution in [3.63, 3.8) is 0 Å². The molecule has 0 amide bonds. The van der Waals surface area contributed by atoms with Crippen molar-refractivity contribution in [2.24, 2.45) is 0 Å². The molecule has 3 nitrogen and oxygen atoms in total. The van der Waals surface area contributed by atoms with Crippen LogP contribution < -0.4 is 4.90 Å². The van der Waals surface area contributed by atoms with Gasteiger partial charge in [-0.3, -0.25) is 0 Å². The summed E-state index contributed by atoms with van der Waals surface area (Å²) in [5.74, 6) is 1.13. The zero-order valence-electron chi connectivity index (χ0n) is 11.1. The third-order valence-corrected chi connectivity index (χ3v) is 5.46. The zero-order chi connectivity index (χ0) is 13.2. The first-order valence-electron chi connectivity index (χ1n) is 6.83. The number of hydrogen-bond donors (Lipinski definition) is 0. The van der Waals surface area contributed by atoms with E-state index in [4.69, 9.17) is 0 Å². The van der Waals surface area contributed by atoms with Gasteiger partial charge in [-0.05, 0) is 25.8 Å². The minimum Gasteiger partial charge on any atom is -0.352 e. The van der Waals surface area contributed by atoms with E-state index in [-0.39, 0.29) is 0 Å². The molecular weight excluding hydrogens is 322 g/mol. The quantitative estimate of drug-likeness (QED) is 0.770. The predicted octanol–water partition coefficient (Wildman–Crippen LogP) is 4.14. The molecule has 1 fully saturated rings. The van der Waals surface area contributed by atoms with Gasteiger partial charge in [0.2, 0.25) is 0 Å². The third kappa shape index (κ3) is 2.63. The number of alkyl halides is 1. The summed E-state index contributed by atoms with van der Waals surface area (Å²) in [5.41, 5.74) is 0. The van der Waals surface area contributed by atoms with Crippen LogP contribution in [0.25, 0.3) is 10.2 Å². The molecular formula is C14H18BrN3S. The molecule has 2 aromatic heterocycles. The Morgan fingerprint density at radius 2 is 2.26 bits per heavy atom. The monoisotopic (exact) mass is 339 g/mol. The lowest BCUT2D eigenvalue weighted by Gasteiger charge is -2.30. The molecule has 0 aliphatic carbocycles. The van der Waals surface area contributed by atoms with Crippen molar-refractivity contribution in [2.75, 3.05) is 16.8 Å². The minimum atomic E-state index is 0.556. The molecule has 1 aliphatic heterocycles. The van der Waals surface area contributed by atoms with Gasteiger partial charge in [0.15, 0.2) is 0 Å². The van der Waals surface area contributed by atoms with Gasteiger partial charge < -0.3 is 4.90 Å². The lowest BCUT2D eigenvalue weighted by atomic mass is 10.1. The lowest BCUT2D eigenvalue weighted by molar-refractivity contribution is 0.623. The number of rotatable bonds is 2. The van der Waals surface area contributed by atoms with Crippen molar-refractivity contribution in [1.82, 2.24) is 9.97 Å². The van der Waals surface area contributed by atoms with E-state index in [1.54, 1.807) is 17.7 Å². The van der Waals surface area contributed by atoms with E-state index in [1.165, 1.54) is 35.9 Å². The second kappa shape index (κ2) is 5.75. The topological polar surface area (TPSA) is 29.0 Å². The maximum atomic E-state index is 4.58. The van der Waals surface area contributed by atoms with Crippen LogP contribution in [0, 0.1) is 6.92 Å². The van der Waals surface area contributed by atoms with E-state index in [9.17, 15) is 0 Å². The number of fused-ring (bicyclic) bond motifs is 1. The first kappa shape index (κ1) is 13.3. The molecule has 1 saturated heterocycles. The molecule has 3 rings (SSSR count). The van der Waals surface area contributed by atoms with E-state index in [2.05, 4.69) is 43.8 Å².